The predicted octanol–water partition coefficient (Wildman–Crippen LogP) is 3.11. The van der Waals surface area contributed by atoms with Gasteiger partial charge in [0, 0.05) is 23.9 Å². The summed E-state index contributed by atoms with van der Waals surface area (Å²) in [5.41, 5.74) is 3.14. The third-order valence-electron chi connectivity index (χ3n) is 3.54. The molecule has 1 heterocycles. The smallest absolute Gasteiger partial charge is 0.335 e. The van der Waals surface area contributed by atoms with Gasteiger partial charge >= 0.3 is 5.97 Å². The first kappa shape index (κ1) is 13.9. The Morgan fingerprint density at radius 1 is 1.09 bits per heavy atom. The molecule has 108 valence electrons. The summed E-state index contributed by atoms with van der Waals surface area (Å²) in [6.45, 7) is 0. The van der Waals surface area contributed by atoms with E-state index in [4.69, 9.17) is 5.11 Å². The maximum atomic E-state index is 10.8. The van der Waals surface area contributed by atoms with Crippen LogP contribution in [0.25, 0.3) is 10.9 Å². The van der Waals surface area contributed by atoms with Crippen molar-refractivity contribution >= 4 is 28.8 Å². The normalized spacial score (nSPS) is 11.1. The summed E-state index contributed by atoms with van der Waals surface area (Å²) in [7, 11) is 2.01. The number of fused-ring (bicyclic) bond motifs is 1. The van der Waals surface area contributed by atoms with E-state index in [1.54, 1.807) is 30.5 Å². The number of aromatic nitrogens is 1. The second kappa shape index (κ2) is 5.77. The fourth-order valence-corrected chi connectivity index (χ4v) is 2.35. The zero-order chi connectivity index (χ0) is 15.5. The number of carboxylic acids is 1. The van der Waals surface area contributed by atoms with Crippen LogP contribution in [0.15, 0.2) is 65.8 Å². The van der Waals surface area contributed by atoms with Crippen molar-refractivity contribution in [1.82, 2.24) is 0 Å². The van der Waals surface area contributed by atoms with Crippen molar-refractivity contribution in [3.05, 3.63) is 71.9 Å². The highest BCUT2D eigenvalue weighted by molar-refractivity contribution is 5.98. The van der Waals surface area contributed by atoms with Gasteiger partial charge in [0.25, 0.3) is 0 Å². The average Bonchev–Trinajstić information content (AvgIpc) is 2.54. The SMILES string of the molecule is C[n+]1cccc2c(C=Nc3ccc(C(=O)O)cc3)cccc21. The molecule has 0 amide bonds. The van der Waals surface area contributed by atoms with Gasteiger partial charge in [-0.3, -0.25) is 4.99 Å². The van der Waals surface area contributed by atoms with Crippen LogP contribution in [0.1, 0.15) is 15.9 Å². The van der Waals surface area contributed by atoms with E-state index in [2.05, 4.69) is 21.7 Å². The summed E-state index contributed by atoms with van der Waals surface area (Å²) in [5, 5.41) is 10.0. The number of pyridine rings is 1. The molecule has 0 fully saturated rings. The quantitative estimate of drug-likeness (QED) is 0.595. The Balaban J connectivity index is 1.96. The Morgan fingerprint density at radius 3 is 2.59 bits per heavy atom. The van der Waals surface area contributed by atoms with Crippen LogP contribution in [0.4, 0.5) is 5.69 Å². The average molecular weight is 291 g/mol. The molecule has 0 aliphatic rings. The van der Waals surface area contributed by atoms with E-state index in [1.807, 2.05) is 31.4 Å². The molecule has 0 unspecified atom stereocenters. The molecule has 1 N–H and O–H groups in total. The molecule has 3 aromatic rings. The van der Waals surface area contributed by atoms with Gasteiger partial charge < -0.3 is 5.11 Å². The van der Waals surface area contributed by atoms with Gasteiger partial charge in [-0.05, 0) is 30.3 Å². The highest BCUT2D eigenvalue weighted by Gasteiger charge is 2.06. The Morgan fingerprint density at radius 2 is 1.86 bits per heavy atom. The maximum absolute atomic E-state index is 10.8. The van der Waals surface area contributed by atoms with Crippen LogP contribution in [0, 0.1) is 0 Å². The van der Waals surface area contributed by atoms with Crippen LogP contribution in [-0.2, 0) is 7.05 Å². The highest BCUT2D eigenvalue weighted by atomic mass is 16.4. The van der Waals surface area contributed by atoms with Crippen LogP contribution in [-0.4, -0.2) is 17.3 Å². The minimum atomic E-state index is -0.933. The lowest BCUT2D eigenvalue weighted by Crippen LogP contribution is -2.27. The van der Waals surface area contributed by atoms with E-state index in [0.29, 0.717) is 0 Å². The fourth-order valence-electron chi connectivity index (χ4n) is 2.35. The summed E-state index contributed by atoms with van der Waals surface area (Å²) in [5.74, 6) is -0.933. The van der Waals surface area contributed by atoms with Gasteiger partial charge in [-0.2, -0.15) is 0 Å². The number of carboxylic acid groups (broad SMARTS) is 1. The van der Waals surface area contributed by atoms with Gasteiger partial charge in [0.2, 0.25) is 5.52 Å². The number of hydrogen-bond acceptors (Lipinski definition) is 2. The van der Waals surface area contributed by atoms with Gasteiger partial charge in [0.15, 0.2) is 6.20 Å². The van der Waals surface area contributed by atoms with Crippen molar-refractivity contribution < 1.29 is 14.5 Å². The summed E-state index contributed by atoms with van der Waals surface area (Å²) in [6, 6.07) is 16.6. The zero-order valence-corrected chi connectivity index (χ0v) is 12.1. The molecule has 0 saturated heterocycles. The van der Waals surface area contributed by atoms with Crippen LogP contribution < -0.4 is 4.57 Å². The molecule has 0 radical (unpaired) electrons. The molecule has 22 heavy (non-hydrogen) atoms. The molecule has 0 atom stereocenters. The van der Waals surface area contributed by atoms with Gasteiger partial charge in [-0.25, -0.2) is 9.36 Å². The molecule has 0 saturated carbocycles. The molecule has 0 spiro atoms. The zero-order valence-electron chi connectivity index (χ0n) is 12.1. The Hall–Kier alpha value is -3.01. The number of carbonyl (C=O) groups is 1. The van der Waals surface area contributed by atoms with Crippen molar-refractivity contribution in [2.75, 3.05) is 0 Å². The maximum Gasteiger partial charge on any atom is 0.335 e. The predicted molar refractivity (Wildman–Crippen MR) is 85.8 cm³/mol. The molecule has 0 bridgehead atoms. The summed E-state index contributed by atoms with van der Waals surface area (Å²) >= 11 is 0. The van der Waals surface area contributed by atoms with Crippen molar-refractivity contribution in [3.8, 4) is 0 Å². The number of aromatic carboxylic acids is 1. The van der Waals surface area contributed by atoms with E-state index in [-0.39, 0.29) is 5.56 Å². The minimum Gasteiger partial charge on any atom is -0.478 e. The number of hydrogen-bond donors (Lipinski definition) is 1. The van der Waals surface area contributed by atoms with Gasteiger partial charge in [-0.15, -0.1) is 0 Å². The van der Waals surface area contributed by atoms with E-state index in [0.717, 1.165) is 22.2 Å². The standard InChI is InChI=1S/C18H14N2O2/c1-20-11-3-5-16-14(4-2-6-17(16)20)12-19-15-9-7-13(8-10-15)18(21)22/h2-12H,1H3/p+1. The van der Waals surface area contributed by atoms with E-state index >= 15 is 0 Å². The molecule has 4 nitrogen and oxygen atoms in total. The van der Waals surface area contributed by atoms with Crippen LogP contribution in [0.2, 0.25) is 0 Å². The minimum absolute atomic E-state index is 0.260. The largest absolute Gasteiger partial charge is 0.478 e. The summed E-state index contributed by atoms with van der Waals surface area (Å²) in [6.07, 6.45) is 3.81. The lowest BCUT2D eigenvalue weighted by Gasteiger charge is -2.00. The van der Waals surface area contributed by atoms with E-state index in [9.17, 15) is 4.79 Å². The molecule has 0 aliphatic carbocycles. The summed E-state index contributed by atoms with van der Waals surface area (Å²) in [4.78, 5) is 15.3. The van der Waals surface area contributed by atoms with Gasteiger partial charge in [-0.1, -0.05) is 12.1 Å². The van der Waals surface area contributed by atoms with Crippen molar-refractivity contribution in [2.45, 2.75) is 0 Å². The lowest BCUT2D eigenvalue weighted by molar-refractivity contribution is -0.644. The molecule has 3 rings (SSSR count). The second-order valence-corrected chi connectivity index (χ2v) is 5.01. The molecular formula is C18H15N2O2+. The van der Waals surface area contributed by atoms with E-state index < -0.39 is 5.97 Å². The second-order valence-electron chi connectivity index (χ2n) is 5.01. The number of aryl methyl sites for hydroxylation is 1. The van der Waals surface area contributed by atoms with Gasteiger partial charge in [0.1, 0.15) is 7.05 Å². The third kappa shape index (κ3) is 2.72. The van der Waals surface area contributed by atoms with E-state index in [1.165, 1.54) is 0 Å². The molecule has 0 aliphatic heterocycles. The van der Waals surface area contributed by atoms with Crippen LogP contribution >= 0.6 is 0 Å². The molecular weight excluding hydrogens is 276 g/mol. The molecule has 2 aromatic carbocycles. The third-order valence-corrected chi connectivity index (χ3v) is 3.54. The van der Waals surface area contributed by atoms with Crippen LogP contribution in [0.3, 0.4) is 0 Å². The fraction of sp³-hybridized carbons (Fsp3) is 0.0556. The van der Waals surface area contributed by atoms with Crippen molar-refractivity contribution in [1.29, 1.82) is 0 Å². The summed E-state index contributed by atoms with van der Waals surface area (Å²) < 4.78 is 2.06. The number of benzene rings is 2. The van der Waals surface area contributed by atoms with Crippen molar-refractivity contribution in [3.63, 3.8) is 0 Å². The first-order valence-corrected chi connectivity index (χ1v) is 6.90. The monoisotopic (exact) mass is 291 g/mol. The number of rotatable bonds is 3. The number of nitrogens with zero attached hydrogens (tertiary/aromatic N) is 2. The lowest BCUT2D eigenvalue weighted by atomic mass is 10.1. The van der Waals surface area contributed by atoms with Gasteiger partial charge in [0.05, 0.1) is 16.6 Å². The van der Waals surface area contributed by atoms with Crippen LogP contribution in [0.5, 0.6) is 0 Å². The first-order chi connectivity index (χ1) is 10.6. The Kier molecular flexibility index (Phi) is 3.66. The molecule has 4 heteroatoms. The van der Waals surface area contributed by atoms with Crippen molar-refractivity contribution in [2.24, 2.45) is 12.0 Å². The first-order valence-electron chi connectivity index (χ1n) is 6.90. The molecule has 1 aromatic heterocycles. The number of aliphatic imine (C=N–C) groups is 1. The highest BCUT2D eigenvalue weighted by Crippen LogP contribution is 2.16. The topological polar surface area (TPSA) is 53.5 Å². The Bertz CT molecular complexity index is 868. The Labute approximate surface area is 128 Å².